The van der Waals surface area contributed by atoms with Gasteiger partial charge in [-0.1, -0.05) is 25.5 Å². The highest BCUT2D eigenvalue weighted by atomic mass is 19.4. The minimum atomic E-state index is -5.08. The zero-order chi connectivity index (χ0) is 44.2. The number of unbranched alkanes of at least 4 members (excludes halogenated alkanes) is 1. The number of hydrogen-bond donors (Lipinski definition) is 5. The summed E-state index contributed by atoms with van der Waals surface area (Å²) in [6, 6.07) is 6.14. The number of rotatable bonds is 8. The first kappa shape index (κ1) is 48.9. The Morgan fingerprint density at radius 1 is 0.776 bits per heavy atom. The number of carbonyl (C=O) groups is 4. The number of piperazine rings is 1. The molecule has 58 heavy (non-hydrogen) atoms. The molecule has 24 heteroatoms. The van der Waals surface area contributed by atoms with Crippen LogP contribution in [0.5, 0.6) is 0 Å². The predicted molar refractivity (Wildman–Crippen MR) is 187 cm³/mol. The van der Waals surface area contributed by atoms with Crippen molar-refractivity contribution in [2.75, 3.05) is 45.1 Å². The molecule has 0 radical (unpaired) electrons. The summed E-state index contributed by atoms with van der Waals surface area (Å²) >= 11 is 0. The van der Waals surface area contributed by atoms with Crippen LogP contribution in [0.1, 0.15) is 57.1 Å². The third kappa shape index (κ3) is 14.9. The van der Waals surface area contributed by atoms with Crippen LogP contribution in [0.15, 0.2) is 29.2 Å². The third-order valence-electron chi connectivity index (χ3n) is 8.77. The van der Waals surface area contributed by atoms with E-state index >= 15 is 0 Å². The maximum Gasteiger partial charge on any atom is 0.490 e. The monoisotopic (exact) mass is 848 g/mol. The van der Waals surface area contributed by atoms with Gasteiger partial charge in [-0.3, -0.25) is 19.1 Å². The second kappa shape index (κ2) is 20.9. The number of aliphatic carboxylic acids is 4. The first-order valence-electron chi connectivity index (χ1n) is 17.4. The number of fused-ring (bicyclic) bond motifs is 3. The van der Waals surface area contributed by atoms with Crippen molar-refractivity contribution in [2.24, 2.45) is 5.92 Å². The topological polar surface area (TPSA) is 215 Å². The van der Waals surface area contributed by atoms with E-state index in [-0.39, 0.29) is 17.5 Å². The van der Waals surface area contributed by atoms with Gasteiger partial charge in [0.15, 0.2) is 0 Å². The minimum absolute atomic E-state index is 0.0419. The molecule has 2 fully saturated rings. The van der Waals surface area contributed by atoms with Gasteiger partial charge >= 0.3 is 42.4 Å². The molecule has 1 saturated carbocycles. The number of likely N-dealkylation sites (N-methyl/N-ethyl adjacent to an activating group) is 1. The number of carboxylic acid groups (broad SMARTS) is 4. The number of benzene rings is 1. The number of alkyl halides is 9. The van der Waals surface area contributed by atoms with Crippen molar-refractivity contribution in [1.29, 1.82) is 0 Å². The van der Waals surface area contributed by atoms with Crippen molar-refractivity contribution < 1.29 is 79.1 Å². The van der Waals surface area contributed by atoms with Crippen LogP contribution in [0.25, 0.3) is 21.8 Å². The van der Waals surface area contributed by atoms with Crippen LogP contribution in [-0.2, 0) is 25.7 Å². The molecule has 0 amide bonds. The molecular weight excluding hydrogens is 807 g/mol. The van der Waals surface area contributed by atoms with Gasteiger partial charge in [-0.05, 0) is 56.2 Å². The number of aromatic nitrogens is 3. The van der Waals surface area contributed by atoms with Crippen LogP contribution >= 0.6 is 0 Å². The van der Waals surface area contributed by atoms with Gasteiger partial charge in [-0.25, -0.2) is 19.4 Å². The van der Waals surface area contributed by atoms with E-state index in [1.165, 1.54) is 0 Å². The molecule has 0 atom stereocenters. The molecule has 1 aliphatic carbocycles. The average molecular weight is 849 g/mol. The molecule has 2 aromatic heterocycles. The van der Waals surface area contributed by atoms with Gasteiger partial charge in [0.1, 0.15) is 5.65 Å². The van der Waals surface area contributed by atoms with Gasteiger partial charge in [0.2, 0.25) is 5.95 Å². The molecular formula is C34H41F9N6O9. The molecule has 1 aliphatic heterocycles. The summed E-state index contributed by atoms with van der Waals surface area (Å²) in [5, 5.41) is 36.6. The molecule has 3 aromatic rings. The maximum atomic E-state index is 14.1. The maximum absolute atomic E-state index is 14.1. The van der Waals surface area contributed by atoms with Gasteiger partial charge < -0.3 is 30.6 Å². The first-order valence-corrected chi connectivity index (χ1v) is 17.4. The van der Waals surface area contributed by atoms with Crippen LogP contribution in [0.4, 0.5) is 45.5 Å². The zero-order valence-electron chi connectivity index (χ0n) is 30.9. The highest BCUT2D eigenvalue weighted by molar-refractivity contribution is 6.04. The second-order valence-electron chi connectivity index (χ2n) is 13.1. The number of nitrogens with zero attached hydrogens (tertiary/aromatic N) is 5. The Morgan fingerprint density at radius 3 is 1.72 bits per heavy atom. The van der Waals surface area contributed by atoms with Crippen LogP contribution in [0.3, 0.4) is 0 Å². The van der Waals surface area contributed by atoms with Gasteiger partial charge in [0.25, 0.3) is 5.56 Å². The van der Waals surface area contributed by atoms with E-state index in [9.17, 15) is 54.2 Å². The molecule has 1 saturated heterocycles. The SMILES string of the molecule is CCCCNc1ncc2c3ccc(CN4CCN(C)CC4)cc3c(=O)n([C@H]3CC[C@H](C(=O)O)CC3)c2n1.O=C(O)C(F)(F)F.O=C(O)C(F)(F)F.O=C(O)C(F)(F)F. The van der Waals surface area contributed by atoms with Gasteiger partial charge in [0, 0.05) is 62.3 Å². The van der Waals surface area contributed by atoms with E-state index in [1.807, 2.05) is 22.9 Å². The lowest BCUT2D eigenvalue weighted by Crippen LogP contribution is -2.43. The van der Waals surface area contributed by atoms with Crippen molar-refractivity contribution in [2.45, 2.75) is 76.6 Å². The van der Waals surface area contributed by atoms with Crippen molar-refractivity contribution in [3.8, 4) is 0 Å². The summed E-state index contributed by atoms with van der Waals surface area (Å²) in [6.07, 6.45) is -8.88. The number of nitrogens with one attached hydrogen (secondary N) is 1. The Bertz CT molecular complexity index is 1880. The van der Waals surface area contributed by atoms with Gasteiger partial charge in [0.05, 0.1) is 5.92 Å². The smallest absolute Gasteiger partial charge is 0.481 e. The molecule has 15 nitrogen and oxygen atoms in total. The molecule has 0 spiro atoms. The molecule has 1 aromatic carbocycles. The third-order valence-corrected chi connectivity index (χ3v) is 8.77. The fourth-order valence-electron chi connectivity index (χ4n) is 5.72. The van der Waals surface area contributed by atoms with E-state index in [1.54, 1.807) is 0 Å². The number of halogens is 9. The number of anilines is 1. The fourth-order valence-corrected chi connectivity index (χ4v) is 5.72. The molecule has 0 bridgehead atoms. The van der Waals surface area contributed by atoms with Crippen LogP contribution in [0, 0.1) is 5.92 Å². The quantitative estimate of drug-likeness (QED) is 0.106. The van der Waals surface area contributed by atoms with Crippen molar-refractivity contribution in [3.05, 3.63) is 40.3 Å². The Morgan fingerprint density at radius 2 is 1.28 bits per heavy atom. The summed E-state index contributed by atoms with van der Waals surface area (Å²) in [4.78, 5) is 66.5. The van der Waals surface area contributed by atoms with Crippen molar-refractivity contribution in [1.82, 2.24) is 24.3 Å². The summed E-state index contributed by atoms with van der Waals surface area (Å²) in [5.74, 6) is -8.82. The zero-order valence-corrected chi connectivity index (χ0v) is 30.9. The lowest BCUT2D eigenvalue weighted by atomic mass is 9.85. The van der Waals surface area contributed by atoms with Crippen LogP contribution < -0.4 is 10.9 Å². The lowest BCUT2D eigenvalue weighted by molar-refractivity contribution is -0.193. The Balaban J connectivity index is 0.000000453. The van der Waals surface area contributed by atoms with Crippen molar-refractivity contribution >= 4 is 51.6 Å². The van der Waals surface area contributed by atoms with Gasteiger partial charge in [-0.2, -0.15) is 44.5 Å². The molecule has 5 rings (SSSR count). The van der Waals surface area contributed by atoms with E-state index in [0.29, 0.717) is 42.7 Å². The van der Waals surface area contributed by atoms with Crippen molar-refractivity contribution in [3.63, 3.8) is 0 Å². The summed E-state index contributed by atoms with van der Waals surface area (Å²) in [5.41, 5.74) is 1.73. The van der Waals surface area contributed by atoms with Gasteiger partial charge in [-0.15, -0.1) is 0 Å². The molecule has 3 heterocycles. The minimum Gasteiger partial charge on any atom is -0.481 e. The largest absolute Gasteiger partial charge is 0.490 e. The average Bonchev–Trinajstić information content (AvgIpc) is 3.12. The normalized spacial score (nSPS) is 17.8. The summed E-state index contributed by atoms with van der Waals surface area (Å²) in [7, 11) is 2.15. The molecule has 2 aliphatic rings. The Kier molecular flexibility index (Phi) is 17.7. The molecule has 5 N–H and O–H groups in total. The van der Waals surface area contributed by atoms with Crippen LogP contribution in [-0.4, -0.2) is 127 Å². The molecule has 0 unspecified atom stereocenters. The van der Waals surface area contributed by atoms with Crippen LogP contribution in [0.2, 0.25) is 0 Å². The first-order chi connectivity index (χ1) is 26.8. The number of carboxylic acids is 4. The second-order valence-corrected chi connectivity index (χ2v) is 13.1. The molecule has 324 valence electrons. The lowest BCUT2D eigenvalue weighted by Gasteiger charge is -2.32. The summed E-state index contributed by atoms with van der Waals surface area (Å²) in [6.45, 7) is 7.88. The van der Waals surface area contributed by atoms with E-state index in [2.05, 4.69) is 40.1 Å². The highest BCUT2D eigenvalue weighted by Gasteiger charge is 2.39. The number of pyridine rings is 1. The Labute approximate surface area is 323 Å². The van der Waals surface area contributed by atoms with E-state index < -0.39 is 42.4 Å². The number of hydrogen-bond acceptors (Lipinski definition) is 10. The Hall–Kier alpha value is -5.26. The predicted octanol–water partition coefficient (Wildman–Crippen LogP) is 5.62. The van der Waals surface area contributed by atoms with E-state index in [4.69, 9.17) is 34.7 Å². The fraction of sp³-hybridized carbons (Fsp3) is 0.559. The highest BCUT2D eigenvalue weighted by Crippen LogP contribution is 2.35. The van der Waals surface area contributed by atoms with E-state index in [0.717, 1.165) is 68.4 Å². The standard InChI is InChI=1S/C28H38N6O3.3C2HF3O2/c1-3-4-11-29-28-30-17-24-22-10-5-19(18-33-14-12-32(2)13-15-33)16-23(22)26(35)34(25(24)31-28)21-8-6-20(7-9-21)27(36)37;3*3-2(4,5)1(6)7/h5,10,16-17,20-21H,3-4,6-9,11-15,18H2,1-2H3,(H,36,37)(H,29,30,31);3*(H,6,7)/t20-,21-;;;. The summed E-state index contributed by atoms with van der Waals surface area (Å²) < 4.78 is 97.0.